The first-order valence-corrected chi connectivity index (χ1v) is 8.43. The van der Waals surface area contributed by atoms with Crippen LogP contribution in [0.2, 0.25) is 10.0 Å². The van der Waals surface area contributed by atoms with Crippen molar-refractivity contribution in [3.8, 4) is 0 Å². The third-order valence-corrected chi connectivity index (χ3v) is 4.28. The number of amides is 1. The second kappa shape index (κ2) is 8.98. The first-order chi connectivity index (χ1) is 12.3. The highest BCUT2D eigenvalue weighted by Gasteiger charge is 2.14. The number of anilines is 1. The highest BCUT2D eigenvalue weighted by atomic mass is 35.5. The normalized spacial score (nSPS) is 11.7. The Morgan fingerprint density at radius 1 is 1.15 bits per heavy atom. The molecule has 26 heavy (non-hydrogen) atoms. The molecule has 0 fully saturated rings. The summed E-state index contributed by atoms with van der Waals surface area (Å²) in [6, 6.07) is 8.50. The van der Waals surface area contributed by atoms with E-state index < -0.39 is 11.8 Å². The molecule has 0 saturated carbocycles. The van der Waals surface area contributed by atoms with Crippen LogP contribution in [0.15, 0.2) is 36.4 Å². The summed E-state index contributed by atoms with van der Waals surface area (Å²) in [5.74, 6) is -1.33. The van der Waals surface area contributed by atoms with Gasteiger partial charge in [-0.05, 0) is 48.9 Å². The Morgan fingerprint density at radius 2 is 1.81 bits per heavy atom. The van der Waals surface area contributed by atoms with E-state index in [1.165, 1.54) is 19.2 Å². The number of halogens is 3. The first kappa shape index (κ1) is 20.2. The van der Waals surface area contributed by atoms with E-state index in [0.29, 0.717) is 21.8 Å². The number of esters is 1. The lowest BCUT2D eigenvalue weighted by Gasteiger charge is -2.16. The van der Waals surface area contributed by atoms with E-state index in [1.807, 2.05) is 0 Å². The van der Waals surface area contributed by atoms with Gasteiger partial charge in [-0.15, -0.1) is 0 Å². The predicted molar refractivity (Wildman–Crippen MR) is 99.2 cm³/mol. The fourth-order valence-electron chi connectivity index (χ4n) is 2.24. The number of carbonyl (C=O) groups is 2. The molecule has 0 saturated heterocycles. The highest BCUT2D eigenvalue weighted by molar-refractivity contribution is 6.35. The molecule has 2 aromatic carbocycles. The van der Waals surface area contributed by atoms with E-state index in [4.69, 9.17) is 23.2 Å². The minimum Gasteiger partial charge on any atom is -0.465 e. The number of ether oxygens (including phenoxy) is 1. The van der Waals surface area contributed by atoms with E-state index in [9.17, 15) is 14.0 Å². The SMILES string of the molecule is COC(=O)c1ccc(NC(=O)CN[C@H](C)c2cc(F)c(Cl)cc2Cl)cc1. The molecule has 138 valence electrons. The van der Waals surface area contributed by atoms with Gasteiger partial charge in [0.2, 0.25) is 5.91 Å². The van der Waals surface area contributed by atoms with Crippen molar-refractivity contribution in [2.45, 2.75) is 13.0 Å². The van der Waals surface area contributed by atoms with Crippen molar-refractivity contribution >= 4 is 40.8 Å². The van der Waals surface area contributed by atoms with Crippen molar-refractivity contribution in [1.29, 1.82) is 0 Å². The zero-order valence-corrected chi connectivity index (χ0v) is 15.6. The fraction of sp³-hybridized carbons (Fsp3) is 0.222. The number of carbonyl (C=O) groups excluding carboxylic acids is 2. The van der Waals surface area contributed by atoms with Gasteiger partial charge in [-0.3, -0.25) is 4.79 Å². The van der Waals surface area contributed by atoms with Crippen molar-refractivity contribution in [2.24, 2.45) is 0 Å². The molecule has 0 aliphatic carbocycles. The monoisotopic (exact) mass is 398 g/mol. The molecule has 2 aromatic rings. The highest BCUT2D eigenvalue weighted by Crippen LogP contribution is 2.28. The zero-order valence-electron chi connectivity index (χ0n) is 14.1. The Hall–Kier alpha value is -2.15. The lowest BCUT2D eigenvalue weighted by molar-refractivity contribution is -0.115. The molecular weight excluding hydrogens is 382 g/mol. The van der Waals surface area contributed by atoms with E-state index in [2.05, 4.69) is 15.4 Å². The van der Waals surface area contributed by atoms with Crippen LogP contribution in [-0.2, 0) is 9.53 Å². The maximum Gasteiger partial charge on any atom is 0.337 e. The summed E-state index contributed by atoms with van der Waals surface area (Å²) >= 11 is 11.7. The van der Waals surface area contributed by atoms with Crippen molar-refractivity contribution in [3.63, 3.8) is 0 Å². The fourth-order valence-corrected chi connectivity index (χ4v) is 2.79. The van der Waals surface area contributed by atoms with Crippen LogP contribution in [0, 0.1) is 5.82 Å². The van der Waals surface area contributed by atoms with Crippen LogP contribution in [0.1, 0.15) is 28.9 Å². The molecule has 0 aliphatic rings. The first-order valence-electron chi connectivity index (χ1n) is 7.68. The van der Waals surface area contributed by atoms with Crippen molar-refractivity contribution in [3.05, 3.63) is 63.4 Å². The Balaban J connectivity index is 1.92. The predicted octanol–water partition coefficient (Wildman–Crippen LogP) is 4.21. The summed E-state index contributed by atoms with van der Waals surface area (Å²) in [6.07, 6.45) is 0. The molecular formula is C18H17Cl2FN2O3. The number of hydrogen-bond acceptors (Lipinski definition) is 4. The summed E-state index contributed by atoms with van der Waals surface area (Å²) < 4.78 is 18.2. The van der Waals surface area contributed by atoms with Crippen LogP contribution >= 0.6 is 23.2 Å². The summed E-state index contributed by atoms with van der Waals surface area (Å²) in [6.45, 7) is 1.74. The van der Waals surface area contributed by atoms with Gasteiger partial charge < -0.3 is 15.4 Å². The average molecular weight is 399 g/mol. The molecule has 2 rings (SSSR count). The van der Waals surface area contributed by atoms with E-state index >= 15 is 0 Å². The van der Waals surface area contributed by atoms with Gasteiger partial charge in [-0.25, -0.2) is 9.18 Å². The summed E-state index contributed by atoms with van der Waals surface area (Å²) in [5, 5.41) is 5.91. The second-order valence-electron chi connectivity index (χ2n) is 5.51. The number of nitrogens with one attached hydrogen (secondary N) is 2. The molecule has 2 N–H and O–H groups in total. The minimum absolute atomic E-state index is 0.0134. The molecule has 1 amide bonds. The Kier molecular flexibility index (Phi) is 6.97. The number of rotatable bonds is 6. The zero-order chi connectivity index (χ0) is 19.3. The van der Waals surface area contributed by atoms with E-state index in [0.717, 1.165) is 0 Å². The van der Waals surface area contributed by atoms with Crippen LogP contribution in [0.4, 0.5) is 10.1 Å². The van der Waals surface area contributed by atoms with Crippen LogP contribution in [0.3, 0.4) is 0 Å². The minimum atomic E-state index is -0.574. The molecule has 0 unspecified atom stereocenters. The maximum atomic E-state index is 13.6. The van der Waals surface area contributed by atoms with Crippen molar-refractivity contribution < 1.29 is 18.7 Å². The molecule has 1 atom stereocenters. The van der Waals surface area contributed by atoms with Crippen molar-refractivity contribution in [1.82, 2.24) is 5.32 Å². The smallest absolute Gasteiger partial charge is 0.337 e. The quantitative estimate of drug-likeness (QED) is 0.564. The molecule has 0 aromatic heterocycles. The Morgan fingerprint density at radius 3 is 2.42 bits per heavy atom. The standard InChI is InChI=1S/C18H17Cl2FN2O3/c1-10(13-7-16(21)15(20)8-14(13)19)22-9-17(24)23-12-5-3-11(4-6-12)18(25)26-2/h3-8,10,22H,9H2,1-2H3,(H,23,24)/t10-/m1/s1. The van der Waals surface area contributed by atoms with Gasteiger partial charge in [0, 0.05) is 16.8 Å². The van der Waals surface area contributed by atoms with Crippen LogP contribution in [0.5, 0.6) is 0 Å². The Bertz CT molecular complexity index is 813. The van der Waals surface area contributed by atoms with Gasteiger partial charge in [-0.1, -0.05) is 23.2 Å². The molecule has 8 heteroatoms. The summed E-state index contributed by atoms with van der Waals surface area (Å²) in [5.41, 5.74) is 1.42. The number of hydrogen-bond donors (Lipinski definition) is 2. The molecule has 0 bridgehead atoms. The molecule has 0 spiro atoms. The average Bonchev–Trinajstić information content (AvgIpc) is 2.62. The number of methoxy groups -OCH3 is 1. The third kappa shape index (κ3) is 5.17. The van der Waals surface area contributed by atoms with Gasteiger partial charge >= 0.3 is 5.97 Å². The van der Waals surface area contributed by atoms with Gasteiger partial charge in [-0.2, -0.15) is 0 Å². The van der Waals surface area contributed by atoms with E-state index in [-0.39, 0.29) is 23.5 Å². The summed E-state index contributed by atoms with van der Waals surface area (Å²) in [4.78, 5) is 23.4. The molecule has 0 aliphatic heterocycles. The van der Waals surface area contributed by atoms with E-state index in [1.54, 1.807) is 31.2 Å². The third-order valence-electron chi connectivity index (χ3n) is 3.66. The largest absolute Gasteiger partial charge is 0.465 e. The van der Waals surface area contributed by atoms with Crippen LogP contribution in [-0.4, -0.2) is 25.5 Å². The second-order valence-corrected chi connectivity index (χ2v) is 6.32. The Labute approximate surface area is 160 Å². The molecule has 5 nitrogen and oxygen atoms in total. The van der Waals surface area contributed by atoms with Crippen LogP contribution < -0.4 is 10.6 Å². The lowest BCUT2D eigenvalue weighted by atomic mass is 10.1. The molecule has 0 heterocycles. The maximum absolute atomic E-state index is 13.6. The molecule has 0 radical (unpaired) electrons. The van der Waals surface area contributed by atoms with Crippen LogP contribution in [0.25, 0.3) is 0 Å². The van der Waals surface area contributed by atoms with Crippen molar-refractivity contribution in [2.75, 3.05) is 19.0 Å². The van der Waals surface area contributed by atoms with Gasteiger partial charge in [0.15, 0.2) is 0 Å². The van der Waals surface area contributed by atoms with Gasteiger partial charge in [0.1, 0.15) is 5.82 Å². The summed E-state index contributed by atoms with van der Waals surface area (Å²) in [7, 11) is 1.30. The lowest BCUT2D eigenvalue weighted by Crippen LogP contribution is -2.30. The number of benzene rings is 2. The van der Waals surface area contributed by atoms with Gasteiger partial charge in [0.05, 0.1) is 24.2 Å². The van der Waals surface area contributed by atoms with Gasteiger partial charge in [0.25, 0.3) is 0 Å². The topological polar surface area (TPSA) is 67.4 Å².